The Kier molecular flexibility index (Phi) is 3.48. The molecule has 2 rings (SSSR count). The molecule has 0 bridgehead atoms. The number of amides is 1. The first-order valence-electron chi connectivity index (χ1n) is 5.24. The smallest absolute Gasteiger partial charge is 0.271 e. The third kappa shape index (κ3) is 3.08. The van der Waals surface area contributed by atoms with Gasteiger partial charge in [-0.15, -0.1) is 0 Å². The highest BCUT2D eigenvalue weighted by atomic mass is 35.5. The van der Waals surface area contributed by atoms with E-state index in [1.165, 1.54) is 12.1 Å². The molecule has 0 unspecified atom stereocenters. The Labute approximate surface area is 112 Å². The zero-order chi connectivity index (χ0) is 14.0. The maximum absolute atomic E-state index is 11.9. The van der Waals surface area contributed by atoms with Crippen molar-refractivity contribution < 1.29 is 9.72 Å². The number of H-pyrrole nitrogens is 1. The fourth-order valence-electron chi connectivity index (χ4n) is 1.48. The van der Waals surface area contributed by atoms with Gasteiger partial charge >= 0.3 is 0 Å². The molecular formula is C11H9ClN4O3. The van der Waals surface area contributed by atoms with Gasteiger partial charge in [0.1, 0.15) is 0 Å². The van der Waals surface area contributed by atoms with E-state index in [1.54, 1.807) is 13.0 Å². The minimum absolute atomic E-state index is 0.0971. The molecule has 98 valence electrons. The van der Waals surface area contributed by atoms with E-state index in [0.29, 0.717) is 5.82 Å². The van der Waals surface area contributed by atoms with Crippen LogP contribution in [0.4, 0.5) is 11.5 Å². The summed E-state index contributed by atoms with van der Waals surface area (Å²) in [5.74, 6) is -0.178. The molecule has 0 radical (unpaired) electrons. The number of anilines is 1. The third-order valence-electron chi connectivity index (χ3n) is 2.30. The van der Waals surface area contributed by atoms with E-state index in [1.807, 2.05) is 0 Å². The lowest BCUT2D eigenvalue weighted by Gasteiger charge is -2.02. The molecule has 0 spiro atoms. The molecule has 1 heterocycles. The SMILES string of the molecule is Cc1cc(NC(=O)c2cc(Cl)cc([N+](=O)[O-])c2)n[nH]1. The number of hydrogen-bond acceptors (Lipinski definition) is 4. The summed E-state index contributed by atoms with van der Waals surface area (Å²) < 4.78 is 0. The van der Waals surface area contributed by atoms with Gasteiger partial charge < -0.3 is 5.32 Å². The maximum atomic E-state index is 11.9. The molecule has 1 amide bonds. The van der Waals surface area contributed by atoms with Crippen LogP contribution >= 0.6 is 11.6 Å². The molecule has 7 nitrogen and oxygen atoms in total. The molecule has 1 aromatic carbocycles. The molecule has 2 N–H and O–H groups in total. The molecule has 0 saturated heterocycles. The first-order valence-corrected chi connectivity index (χ1v) is 5.62. The highest BCUT2D eigenvalue weighted by Crippen LogP contribution is 2.21. The molecule has 1 aromatic heterocycles. The van der Waals surface area contributed by atoms with Gasteiger partial charge in [0, 0.05) is 34.5 Å². The first-order chi connectivity index (χ1) is 8.95. The van der Waals surface area contributed by atoms with E-state index >= 15 is 0 Å². The lowest BCUT2D eigenvalue weighted by molar-refractivity contribution is -0.384. The number of nitro groups is 1. The average Bonchev–Trinajstić information content (AvgIpc) is 2.73. The summed E-state index contributed by atoms with van der Waals surface area (Å²) in [6, 6.07) is 5.32. The lowest BCUT2D eigenvalue weighted by atomic mass is 10.2. The van der Waals surface area contributed by atoms with Crippen LogP contribution in [-0.2, 0) is 0 Å². The van der Waals surface area contributed by atoms with E-state index in [0.717, 1.165) is 11.8 Å². The number of carbonyl (C=O) groups excluding carboxylic acids is 1. The zero-order valence-electron chi connectivity index (χ0n) is 9.81. The Bertz CT molecular complexity index is 653. The van der Waals surface area contributed by atoms with Crippen LogP contribution < -0.4 is 5.32 Å². The van der Waals surface area contributed by atoms with Gasteiger partial charge in [-0.1, -0.05) is 11.6 Å². The van der Waals surface area contributed by atoms with Gasteiger partial charge in [0.2, 0.25) is 0 Å². The Morgan fingerprint density at radius 1 is 1.42 bits per heavy atom. The van der Waals surface area contributed by atoms with Crippen LogP contribution in [0.1, 0.15) is 16.1 Å². The Morgan fingerprint density at radius 3 is 2.74 bits per heavy atom. The largest absolute Gasteiger partial charge is 0.305 e. The molecule has 0 aliphatic heterocycles. The van der Waals surface area contributed by atoms with Gasteiger partial charge in [0.25, 0.3) is 11.6 Å². The van der Waals surface area contributed by atoms with Crippen molar-refractivity contribution >= 4 is 29.0 Å². The summed E-state index contributed by atoms with van der Waals surface area (Å²) >= 11 is 5.74. The number of non-ortho nitro benzene ring substituents is 1. The summed E-state index contributed by atoms with van der Waals surface area (Å²) in [5, 5.41) is 19.8. The van der Waals surface area contributed by atoms with E-state index in [4.69, 9.17) is 11.6 Å². The number of nitrogens with zero attached hydrogens (tertiary/aromatic N) is 2. The summed E-state index contributed by atoms with van der Waals surface area (Å²) in [6.07, 6.45) is 0. The van der Waals surface area contributed by atoms with Crippen LogP contribution in [0.15, 0.2) is 24.3 Å². The van der Waals surface area contributed by atoms with Crippen LogP contribution in [0, 0.1) is 17.0 Å². The number of nitro benzene ring substituents is 1. The molecule has 2 aromatic rings. The van der Waals surface area contributed by atoms with Crippen LogP contribution in [0.2, 0.25) is 5.02 Å². The summed E-state index contributed by atoms with van der Waals surface area (Å²) in [5.41, 5.74) is 0.642. The maximum Gasteiger partial charge on any atom is 0.271 e. The number of aromatic nitrogens is 2. The van der Waals surface area contributed by atoms with E-state index in [2.05, 4.69) is 15.5 Å². The van der Waals surface area contributed by atoms with Gasteiger partial charge in [-0.05, 0) is 13.0 Å². The van der Waals surface area contributed by atoms with E-state index in [-0.39, 0.29) is 16.3 Å². The van der Waals surface area contributed by atoms with Crippen molar-refractivity contribution in [1.29, 1.82) is 0 Å². The van der Waals surface area contributed by atoms with Crippen molar-refractivity contribution in [3.8, 4) is 0 Å². The van der Waals surface area contributed by atoms with Crippen LogP contribution in [-0.4, -0.2) is 21.0 Å². The summed E-state index contributed by atoms with van der Waals surface area (Å²) in [4.78, 5) is 22.0. The number of nitrogens with one attached hydrogen (secondary N) is 2. The van der Waals surface area contributed by atoms with Gasteiger partial charge in [-0.2, -0.15) is 5.10 Å². The third-order valence-corrected chi connectivity index (χ3v) is 2.52. The topological polar surface area (TPSA) is 101 Å². The standard InChI is InChI=1S/C11H9ClN4O3/c1-6-2-10(15-14-6)13-11(17)7-3-8(12)5-9(4-7)16(18)19/h2-5H,1H3,(H2,13,14,15,17). The number of aromatic amines is 1. The Hall–Kier alpha value is -2.41. The van der Waals surface area contributed by atoms with Gasteiger partial charge in [0.15, 0.2) is 5.82 Å². The van der Waals surface area contributed by atoms with Crippen molar-refractivity contribution in [1.82, 2.24) is 10.2 Å². The second-order valence-electron chi connectivity index (χ2n) is 3.85. The van der Waals surface area contributed by atoms with E-state index in [9.17, 15) is 14.9 Å². The van der Waals surface area contributed by atoms with Crippen molar-refractivity contribution in [2.75, 3.05) is 5.32 Å². The van der Waals surface area contributed by atoms with Crippen LogP contribution in [0.5, 0.6) is 0 Å². The predicted molar refractivity (Wildman–Crippen MR) is 69.4 cm³/mol. The highest BCUT2D eigenvalue weighted by Gasteiger charge is 2.14. The number of aryl methyl sites for hydroxylation is 1. The predicted octanol–water partition coefficient (Wildman–Crippen LogP) is 2.53. The van der Waals surface area contributed by atoms with E-state index < -0.39 is 10.8 Å². The van der Waals surface area contributed by atoms with Crippen molar-refractivity contribution in [2.24, 2.45) is 0 Å². The number of hydrogen-bond donors (Lipinski definition) is 2. The molecule has 0 fully saturated rings. The molecule has 0 atom stereocenters. The normalized spacial score (nSPS) is 10.2. The first kappa shape index (κ1) is 13.0. The molecule has 0 aliphatic carbocycles. The second-order valence-corrected chi connectivity index (χ2v) is 4.28. The van der Waals surface area contributed by atoms with Gasteiger partial charge in [0.05, 0.1) is 4.92 Å². The Morgan fingerprint density at radius 2 is 2.16 bits per heavy atom. The fourth-order valence-corrected chi connectivity index (χ4v) is 1.71. The molecule has 19 heavy (non-hydrogen) atoms. The second kappa shape index (κ2) is 5.07. The number of halogens is 1. The Balaban J connectivity index is 2.26. The summed E-state index contributed by atoms with van der Waals surface area (Å²) in [6.45, 7) is 1.78. The fraction of sp³-hybridized carbons (Fsp3) is 0.0909. The molecule has 0 aliphatic rings. The van der Waals surface area contributed by atoms with Crippen molar-refractivity contribution in [3.05, 3.63) is 50.7 Å². The summed E-state index contributed by atoms with van der Waals surface area (Å²) in [7, 11) is 0. The monoisotopic (exact) mass is 280 g/mol. The van der Waals surface area contributed by atoms with Crippen LogP contribution in [0.25, 0.3) is 0 Å². The van der Waals surface area contributed by atoms with Crippen molar-refractivity contribution in [3.63, 3.8) is 0 Å². The zero-order valence-corrected chi connectivity index (χ0v) is 10.6. The van der Waals surface area contributed by atoms with Crippen LogP contribution in [0.3, 0.4) is 0 Å². The van der Waals surface area contributed by atoms with Gasteiger partial charge in [-0.3, -0.25) is 20.0 Å². The molecular weight excluding hydrogens is 272 g/mol. The lowest BCUT2D eigenvalue weighted by Crippen LogP contribution is -2.12. The average molecular weight is 281 g/mol. The highest BCUT2D eigenvalue weighted by molar-refractivity contribution is 6.31. The van der Waals surface area contributed by atoms with Gasteiger partial charge in [-0.25, -0.2) is 0 Å². The quantitative estimate of drug-likeness (QED) is 0.666. The van der Waals surface area contributed by atoms with Crippen molar-refractivity contribution in [2.45, 2.75) is 6.92 Å². The number of carbonyl (C=O) groups is 1. The molecule has 8 heteroatoms. The number of rotatable bonds is 3. The number of benzene rings is 1. The minimum Gasteiger partial charge on any atom is -0.305 e. The minimum atomic E-state index is -0.610. The molecule has 0 saturated carbocycles.